The maximum Gasteiger partial charge on any atom is 0.191 e. The SMILES string of the molecule is CN=C(NCCCOc1cccc(OC)c1)NCc1ccccc1Cn1cccn1.I. The molecule has 0 aliphatic heterocycles. The Labute approximate surface area is 200 Å². The Morgan fingerprint density at radius 3 is 2.58 bits per heavy atom. The highest BCUT2D eigenvalue weighted by Crippen LogP contribution is 2.18. The number of ether oxygens (including phenoxy) is 2. The van der Waals surface area contributed by atoms with Crippen LogP contribution in [-0.4, -0.2) is 43.0 Å². The van der Waals surface area contributed by atoms with Crippen LogP contribution in [0.1, 0.15) is 17.5 Å². The highest BCUT2D eigenvalue weighted by molar-refractivity contribution is 14.0. The Morgan fingerprint density at radius 1 is 1.03 bits per heavy atom. The zero-order chi connectivity index (χ0) is 21.0. The lowest BCUT2D eigenvalue weighted by molar-refractivity contribution is 0.308. The average Bonchev–Trinajstić information content (AvgIpc) is 3.30. The quantitative estimate of drug-likeness (QED) is 0.179. The van der Waals surface area contributed by atoms with E-state index in [4.69, 9.17) is 9.47 Å². The summed E-state index contributed by atoms with van der Waals surface area (Å²) in [7, 11) is 3.43. The van der Waals surface area contributed by atoms with Gasteiger partial charge in [-0.15, -0.1) is 24.0 Å². The third kappa shape index (κ3) is 8.12. The van der Waals surface area contributed by atoms with E-state index in [-0.39, 0.29) is 24.0 Å². The van der Waals surface area contributed by atoms with E-state index in [0.29, 0.717) is 13.2 Å². The minimum atomic E-state index is 0. The molecule has 8 heteroatoms. The number of rotatable bonds is 10. The molecule has 0 radical (unpaired) electrons. The van der Waals surface area contributed by atoms with Crippen molar-refractivity contribution in [2.45, 2.75) is 19.5 Å². The minimum Gasteiger partial charge on any atom is -0.497 e. The zero-order valence-corrected chi connectivity index (χ0v) is 20.3. The second kappa shape index (κ2) is 13.5. The third-order valence-corrected chi connectivity index (χ3v) is 4.60. The topological polar surface area (TPSA) is 72.7 Å². The number of guanidine groups is 1. The van der Waals surface area contributed by atoms with E-state index in [0.717, 1.165) is 37.0 Å². The van der Waals surface area contributed by atoms with Gasteiger partial charge in [-0.3, -0.25) is 9.67 Å². The fraction of sp³-hybridized carbons (Fsp3) is 0.304. The van der Waals surface area contributed by atoms with Crippen molar-refractivity contribution >= 4 is 29.9 Å². The monoisotopic (exact) mass is 535 g/mol. The number of halogens is 1. The van der Waals surface area contributed by atoms with E-state index in [2.05, 4.69) is 45.0 Å². The highest BCUT2D eigenvalue weighted by atomic mass is 127. The van der Waals surface area contributed by atoms with E-state index in [1.807, 2.05) is 41.2 Å². The number of nitrogens with one attached hydrogen (secondary N) is 2. The minimum absolute atomic E-state index is 0. The van der Waals surface area contributed by atoms with Gasteiger partial charge in [-0.1, -0.05) is 30.3 Å². The predicted molar refractivity (Wildman–Crippen MR) is 134 cm³/mol. The van der Waals surface area contributed by atoms with Gasteiger partial charge < -0.3 is 20.1 Å². The summed E-state index contributed by atoms with van der Waals surface area (Å²) in [5, 5.41) is 11.0. The molecule has 1 aromatic heterocycles. The summed E-state index contributed by atoms with van der Waals surface area (Å²) in [6.45, 7) is 2.82. The first-order chi connectivity index (χ1) is 14.8. The molecule has 0 aliphatic carbocycles. The van der Waals surface area contributed by atoms with Crippen molar-refractivity contribution < 1.29 is 9.47 Å². The predicted octanol–water partition coefficient (Wildman–Crippen LogP) is 3.69. The highest BCUT2D eigenvalue weighted by Gasteiger charge is 2.05. The summed E-state index contributed by atoms with van der Waals surface area (Å²) < 4.78 is 12.9. The lowest BCUT2D eigenvalue weighted by Gasteiger charge is -2.14. The van der Waals surface area contributed by atoms with Gasteiger partial charge in [0.2, 0.25) is 0 Å². The molecule has 7 nitrogen and oxygen atoms in total. The van der Waals surface area contributed by atoms with Crippen molar-refractivity contribution in [3.05, 3.63) is 78.1 Å². The number of aromatic nitrogens is 2. The number of nitrogens with zero attached hydrogens (tertiary/aromatic N) is 3. The van der Waals surface area contributed by atoms with Crippen molar-refractivity contribution in [1.29, 1.82) is 0 Å². The van der Waals surface area contributed by atoms with Gasteiger partial charge in [-0.05, 0) is 35.7 Å². The summed E-state index contributed by atoms with van der Waals surface area (Å²) in [4.78, 5) is 4.31. The van der Waals surface area contributed by atoms with Crippen molar-refractivity contribution in [2.24, 2.45) is 4.99 Å². The van der Waals surface area contributed by atoms with Gasteiger partial charge in [-0.2, -0.15) is 5.10 Å². The van der Waals surface area contributed by atoms with Crippen LogP contribution in [0.5, 0.6) is 11.5 Å². The van der Waals surface area contributed by atoms with E-state index in [9.17, 15) is 0 Å². The molecule has 0 unspecified atom stereocenters. The molecule has 0 spiro atoms. The molecule has 3 aromatic rings. The number of benzene rings is 2. The Kier molecular flexibility index (Phi) is 10.7. The standard InChI is InChI=1S/C23H29N5O2.HI/c1-24-23(25-12-7-15-30-22-11-5-10-21(16-22)29-2)26-17-19-8-3-4-9-20(19)18-28-14-6-13-27-28;/h3-6,8-11,13-14,16H,7,12,15,17-18H2,1-2H3,(H2,24,25,26);1H. The number of aliphatic imine (C=N–C) groups is 1. The molecule has 0 aliphatic rings. The van der Waals surface area contributed by atoms with Crippen LogP contribution in [0.2, 0.25) is 0 Å². The summed E-state index contributed by atoms with van der Waals surface area (Å²) >= 11 is 0. The molecule has 0 bridgehead atoms. The fourth-order valence-electron chi connectivity index (χ4n) is 3.01. The second-order valence-corrected chi connectivity index (χ2v) is 6.71. The molecule has 0 atom stereocenters. The van der Waals surface area contributed by atoms with E-state index >= 15 is 0 Å². The van der Waals surface area contributed by atoms with Crippen LogP contribution < -0.4 is 20.1 Å². The Morgan fingerprint density at radius 2 is 1.84 bits per heavy atom. The van der Waals surface area contributed by atoms with Crippen LogP contribution in [0, 0.1) is 0 Å². The zero-order valence-electron chi connectivity index (χ0n) is 18.0. The molecule has 2 aromatic carbocycles. The molecule has 3 rings (SSSR count). The third-order valence-electron chi connectivity index (χ3n) is 4.60. The maximum atomic E-state index is 5.77. The summed E-state index contributed by atoms with van der Waals surface area (Å²) in [5.41, 5.74) is 2.45. The van der Waals surface area contributed by atoms with Gasteiger partial charge in [-0.25, -0.2) is 0 Å². The number of methoxy groups -OCH3 is 1. The van der Waals surface area contributed by atoms with Gasteiger partial charge in [0.15, 0.2) is 5.96 Å². The Hall–Kier alpha value is -2.75. The average molecular weight is 535 g/mol. The van der Waals surface area contributed by atoms with Crippen LogP contribution in [0.4, 0.5) is 0 Å². The normalized spacial score (nSPS) is 10.8. The van der Waals surface area contributed by atoms with Crippen LogP contribution in [0.25, 0.3) is 0 Å². The van der Waals surface area contributed by atoms with E-state index in [1.54, 1.807) is 20.4 Å². The Balaban J connectivity index is 0.00000341. The molecule has 1 heterocycles. The largest absolute Gasteiger partial charge is 0.497 e. The molecule has 166 valence electrons. The Bertz CT molecular complexity index is 931. The van der Waals surface area contributed by atoms with Gasteiger partial charge in [0.1, 0.15) is 11.5 Å². The van der Waals surface area contributed by atoms with Gasteiger partial charge >= 0.3 is 0 Å². The second-order valence-electron chi connectivity index (χ2n) is 6.71. The maximum absolute atomic E-state index is 5.77. The fourth-order valence-corrected chi connectivity index (χ4v) is 3.01. The molecule has 31 heavy (non-hydrogen) atoms. The molecule has 0 saturated carbocycles. The molecule has 0 saturated heterocycles. The summed E-state index contributed by atoms with van der Waals surface area (Å²) in [5.74, 6) is 2.37. The van der Waals surface area contributed by atoms with Crippen LogP contribution >= 0.6 is 24.0 Å². The number of hydrogen-bond donors (Lipinski definition) is 2. The van der Waals surface area contributed by atoms with Crippen molar-refractivity contribution in [3.8, 4) is 11.5 Å². The smallest absolute Gasteiger partial charge is 0.191 e. The van der Waals surface area contributed by atoms with Crippen LogP contribution in [0.15, 0.2) is 72.0 Å². The first kappa shape index (κ1) is 24.5. The lowest BCUT2D eigenvalue weighted by Crippen LogP contribution is -2.37. The van der Waals surface area contributed by atoms with Crippen molar-refractivity contribution in [1.82, 2.24) is 20.4 Å². The molecular weight excluding hydrogens is 505 g/mol. The summed E-state index contributed by atoms with van der Waals surface area (Å²) in [6, 6.07) is 17.9. The van der Waals surface area contributed by atoms with E-state index < -0.39 is 0 Å². The van der Waals surface area contributed by atoms with Gasteiger partial charge in [0, 0.05) is 38.6 Å². The first-order valence-corrected chi connectivity index (χ1v) is 10.0. The van der Waals surface area contributed by atoms with Crippen LogP contribution in [0.3, 0.4) is 0 Å². The van der Waals surface area contributed by atoms with Gasteiger partial charge in [0.25, 0.3) is 0 Å². The molecule has 2 N–H and O–H groups in total. The number of hydrogen-bond acceptors (Lipinski definition) is 4. The molecule has 0 amide bonds. The first-order valence-electron chi connectivity index (χ1n) is 10.0. The molecule has 0 fully saturated rings. The molecular formula is C23H30IN5O2. The van der Waals surface area contributed by atoms with Crippen molar-refractivity contribution in [2.75, 3.05) is 27.3 Å². The lowest BCUT2D eigenvalue weighted by atomic mass is 10.1. The van der Waals surface area contributed by atoms with E-state index in [1.165, 1.54) is 11.1 Å². The van der Waals surface area contributed by atoms with Crippen molar-refractivity contribution in [3.63, 3.8) is 0 Å². The van der Waals surface area contributed by atoms with Gasteiger partial charge in [0.05, 0.1) is 20.3 Å². The van der Waals surface area contributed by atoms with Crippen LogP contribution in [-0.2, 0) is 13.1 Å². The summed E-state index contributed by atoms with van der Waals surface area (Å²) in [6.07, 6.45) is 4.62.